The first-order chi connectivity index (χ1) is 10.2. The molecule has 5 heteroatoms. The summed E-state index contributed by atoms with van der Waals surface area (Å²) >= 11 is 0. The van der Waals surface area contributed by atoms with E-state index in [2.05, 4.69) is 6.58 Å². The fraction of sp³-hybridized carbons (Fsp3) is 0.125. The molecule has 0 spiro atoms. The summed E-state index contributed by atoms with van der Waals surface area (Å²) in [5.41, 5.74) is 0. The van der Waals surface area contributed by atoms with E-state index in [1.807, 2.05) is 12.1 Å². The Morgan fingerprint density at radius 2 is 1.38 bits per heavy atom. The molecule has 0 bridgehead atoms. The molecule has 2 aromatic carbocycles. The molecule has 0 aliphatic heterocycles. The van der Waals surface area contributed by atoms with Crippen molar-refractivity contribution < 1.29 is 18.1 Å². The van der Waals surface area contributed by atoms with Gasteiger partial charge in [-0.05, 0) is 30.7 Å². The molecule has 0 saturated heterocycles. The summed E-state index contributed by atoms with van der Waals surface area (Å²) < 4.78 is 28.9. The first-order valence-corrected chi connectivity index (χ1v) is 8.03. The summed E-state index contributed by atoms with van der Waals surface area (Å²) in [7, 11) is -3.74. The smallest absolute Gasteiger partial charge is 0.395 e. The van der Waals surface area contributed by atoms with Crippen molar-refractivity contribution in [2.24, 2.45) is 0 Å². The Labute approximate surface area is 124 Å². The van der Waals surface area contributed by atoms with Crippen LogP contribution >= 0.6 is 7.82 Å². The number of phosphoric acid groups is 1. The van der Waals surface area contributed by atoms with Gasteiger partial charge in [-0.2, -0.15) is 0 Å². The molecule has 21 heavy (non-hydrogen) atoms. The molecule has 0 heterocycles. The Morgan fingerprint density at radius 3 is 1.81 bits per heavy atom. The first-order valence-electron chi connectivity index (χ1n) is 6.57. The van der Waals surface area contributed by atoms with E-state index in [9.17, 15) is 4.57 Å². The molecule has 0 amide bonds. The molecule has 0 saturated carbocycles. The summed E-state index contributed by atoms with van der Waals surface area (Å²) in [5.74, 6) is 0.853. The third kappa shape index (κ3) is 5.10. The molecule has 0 N–H and O–H groups in total. The standard InChI is InChI=1S/C16H17O4P/c1-2-3-14-18-21(17,19-15-10-6-4-7-11-15)20-16-12-8-5-9-13-16/h2,4-13H,1,3,14H2. The SMILES string of the molecule is C=CCCOP(=O)(Oc1ccccc1)Oc1ccccc1. The van der Waals surface area contributed by atoms with Crippen molar-refractivity contribution in [3.63, 3.8) is 0 Å². The van der Waals surface area contributed by atoms with Crippen LogP contribution in [0.4, 0.5) is 0 Å². The van der Waals surface area contributed by atoms with Gasteiger partial charge < -0.3 is 9.05 Å². The average molecular weight is 304 g/mol. The number of para-hydroxylation sites is 2. The van der Waals surface area contributed by atoms with Gasteiger partial charge in [-0.15, -0.1) is 6.58 Å². The Balaban J connectivity index is 2.13. The van der Waals surface area contributed by atoms with E-state index in [4.69, 9.17) is 13.6 Å². The van der Waals surface area contributed by atoms with E-state index in [-0.39, 0.29) is 6.61 Å². The van der Waals surface area contributed by atoms with Crippen LogP contribution in [0.2, 0.25) is 0 Å². The second-order valence-electron chi connectivity index (χ2n) is 4.17. The van der Waals surface area contributed by atoms with Crippen LogP contribution < -0.4 is 9.05 Å². The van der Waals surface area contributed by atoms with E-state index >= 15 is 0 Å². The van der Waals surface area contributed by atoms with Crippen LogP contribution in [0.3, 0.4) is 0 Å². The molecule has 0 aromatic heterocycles. The minimum atomic E-state index is -3.74. The monoisotopic (exact) mass is 304 g/mol. The molecular formula is C16H17O4P. The van der Waals surface area contributed by atoms with Crippen LogP contribution in [0.15, 0.2) is 73.3 Å². The van der Waals surface area contributed by atoms with E-state index in [1.54, 1.807) is 54.6 Å². The molecule has 110 valence electrons. The van der Waals surface area contributed by atoms with Gasteiger partial charge in [-0.25, -0.2) is 4.57 Å². The van der Waals surface area contributed by atoms with Crippen LogP contribution in [-0.2, 0) is 9.09 Å². The fourth-order valence-electron chi connectivity index (χ4n) is 1.54. The van der Waals surface area contributed by atoms with Crippen molar-refractivity contribution in [2.45, 2.75) is 6.42 Å². The predicted octanol–water partition coefficient (Wildman–Crippen LogP) is 4.85. The highest BCUT2D eigenvalue weighted by molar-refractivity contribution is 7.49. The van der Waals surface area contributed by atoms with Crippen LogP contribution in [0.1, 0.15) is 6.42 Å². The zero-order valence-corrected chi connectivity index (χ0v) is 12.4. The van der Waals surface area contributed by atoms with Gasteiger partial charge in [0.1, 0.15) is 11.5 Å². The molecule has 0 fully saturated rings. The van der Waals surface area contributed by atoms with Crippen molar-refractivity contribution in [3.8, 4) is 11.5 Å². The number of rotatable bonds is 8. The van der Waals surface area contributed by atoms with Crippen LogP contribution in [0.25, 0.3) is 0 Å². The normalized spacial score (nSPS) is 10.9. The van der Waals surface area contributed by atoms with E-state index in [0.717, 1.165) is 0 Å². The van der Waals surface area contributed by atoms with Crippen molar-refractivity contribution in [1.82, 2.24) is 0 Å². The van der Waals surface area contributed by atoms with Gasteiger partial charge >= 0.3 is 7.82 Å². The van der Waals surface area contributed by atoms with Crippen molar-refractivity contribution in [1.29, 1.82) is 0 Å². The molecule has 0 unspecified atom stereocenters. The molecule has 0 aliphatic carbocycles. The van der Waals surface area contributed by atoms with Crippen molar-refractivity contribution in [3.05, 3.63) is 73.3 Å². The summed E-state index contributed by atoms with van der Waals surface area (Å²) in [5, 5.41) is 0. The summed E-state index contributed by atoms with van der Waals surface area (Å²) in [6.07, 6.45) is 2.23. The topological polar surface area (TPSA) is 44.8 Å². The number of benzene rings is 2. The van der Waals surface area contributed by atoms with E-state index in [0.29, 0.717) is 17.9 Å². The molecule has 4 nitrogen and oxygen atoms in total. The Kier molecular flexibility index (Phi) is 5.61. The van der Waals surface area contributed by atoms with E-state index in [1.165, 1.54) is 0 Å². The Bertz CT molecular complexity index is 553. The maximum atomic E-state index is 12.7. The van der Waals surface area contributed by atoms with Crippen molar-refractivity contribution >= 4 is 7.82 Å². The maximum absolute atomic E-state index is 12.7. The highest BCUT2D eigenvalue weighted by Gasteiger charge is 2.30. The van der Waals surface area contributed by atoms with Crippen LogP contribution in [0.5, 0.6) is 11.5 Å². The number of phosphoric ester groups is 1. The third-order valence-corrected chi connectivity index (χ3v) is 3.86. The maximum Gasteiger partial charge on any atom is 0.587 e. The molecule has 0 aliphatic rings. The zero-order chi connectivity index (χ0) is 15.0. The fourth-order valence-corrected chi connectivity index (χ4v) is 2.77. The third-order valence-electron chi connectivity index (χ3n) is 2.49. The molecule has 2 rings (SSSR count). The second-order valence-corrected chi connectivity index (χ2v) is 5.68. The minimum absolute atomic E-state index is 0.209. The zero-order valence-electron chi connectivity index (χ0n) is 11.6. The van der Waals surface area contributed by atoms with E-state index < -0.39 is 7.82 Å². The second kappa shape index (κ2) is 7.67. The molecule has 0 atom stereocenters. The van der Waals surface area contributed by atoms with Gasteiger partial charge in [-0.1, -0.05) is 42.5 Å². The van der Waals surface area contributed by atoms with Gasteiger partial charge in [-0.3, -0.25) is 4.52 Å². The number of hydrogen-bond donors (Lipinski definition) is 0. The lowest BCUT2D eigenvalue weighted by atomic mass is 10.3. The highest BCUT2D eigenvalue weighted by Crippen LogP contribution is 2.49. The van der Waals surface area contributed by atoms with Gasteiger partial charge in [0.15, 0.2) is 0 Å². The summed E-state index contributed by atoms with van der Waals surface area (Å²) in [6.45, 7) is 3.81. The summed E-state index contributed by atoms with van der Waals surface area (Å²) in [6, 6.07) is 17.6. The Morgan fingerprint density at radius 1 is 0.905 bits per heavy atom. The lowest BCUT2D eigenvalue weighted by Crippen LogP contribution is -2.05. The van der Waals surface area contributed by atoms with Gasteiger partial charge in [0.2, 0.25) is 0 Å². The lowest BCUT2D eigenvalue weighted by Gasteiger charge is -2.18. The van der Waals surface area contributed by atoms with Gasteiger partial charge in [0, 0.05) is 0 Å². The Hall–Kier alpha value is -2.03. The molecular weight excluding hydrogens is 287 g/mol. The number of hydrogen-bond acceptors (Lipinski definition) is 4. The molecule has 0 radical (unpaired) electrons. The first kappa shape index (κ1) is 15.4. The van der Waals surface area contributed by atoms with Crippen molar-refractivity contribution in [2.75, 3.05) is 6.61 Å². The van der Waals surface area contributed by atoms with Crippen LogP contribution in [-0.4, -0.2) is 6.61 Å². The summed E-state index contributed by atoms with van der Waals surface area (Å²) in [4.78, 5) is 0. The lowest BCUT2D eigenvalue weighted by molar-refractivity contribution is 0.213. The van der Waals surface area contributed by atoms with Gasteiger partial charge in [0.25, 0.3) is 0 Å². The largest absolute Gasteiger partial charge is 0.587 e. The highest BCUT2D eigenvalue weighted by atomic mass is 31.2. The average Bonchev–Trinajstić information content (AvgIpc) is 2.49. The molecule has 2 aromatic rings. The predicted molar refractivity (Wildman–Crippen MR) is 82.5 cm³/mol. The van der Waals surface area contributed by atoms with Gasteiger partial charge in [0.05, 0.1) is 6.61 Å². The minimum Gasteiger partial charge on any atom is -0.395 e. The quantitative estimate of drug-likeness (QED) is 0.397. The van der Waals surface area contributed by atoms with Crippen LogP contribution in [0, 0.1) is 0 Å².